The molecule has 3 nitrogen and oxygen atoms in total. The number of amides is 1. The summed E-state index contributed by atoms with van der Waals surface area (Å²) >= 11 is 5.61. The lowest BCUT2D eigenvalue weighted by molar-refractivity contribution is -0.131. The van der Waals surface area contributed by atoms with Crippen molar-refractivity contribution in [1.82, 2.24) is 4.90 Å². The van der Waals surface area contributed by atoms with E-state index in [4.69, 9.17) is 11.6 Å². The number of rotatable bonds is 6. The van der Waals surface area contributed by atoms with Gasteiger partial charge < -0.3 is 10.0 Å². The van der Waals surface area contributed by atoms with Crippen molar-refractivity contribution in [3.8, 4) is 0 Å². The highest BCUT2D eigenvalue weighted by Gasteiger charge is 2.20. The first-order chi connectivity index (χ1) is 8.93. The quantitative estimate of drug-likeness (QED) is 0.817. The molecule has 2 atom stereocenters. The molecule has 0 fully saturated rings. The van der Waals surface area contributed by atoms with Crippen LogP contribution < -0.4 is 0 Å². The first kappa shape index (κ1) is 15.9. The Morgan fingerprint density at radius 3 is 2.42 bits per heavy atom. The molecule has 0 aliphatic rings. The van der Waals surface area contributed by atoms with Crippen molar-refractivity contribution in [3.63, 3.8) is 0 Å². The lowest BCUT2D eigenvalue weighted by Gasteiger charge is -2.29. The molecular formula is C14H19ClFNO2. The molecule has 0 radical (unpaired) electrons. The maximum Gasteiger partial charge on any atom is 0.238 e. The second-order valence-electron chi connectivity index (χ2n) is 4.72. The van der Waals surface area contributed by atoms with E-state index < -0.39 is 6.10 Å². The van der Waals surface area contributed by atoms with Gasteiger partial charge in [0.15, 0.2) is 0 Å². The van der Waals surface area contributed by atoms with Gasteiger partial charge in [-0.15, -0.1) is 11.6 Å². The van der Waals surface area contributed by atoms with Crippen LogP contribution in [0.4, 0.5) is 4.39 Å². The van der Waals surface area contributed by atoms with E-state index in [9.17, 15) is 14.3 Å². The zero-order valence-corrected chi connectivity index (χ0v) is 11.9. The van der Waals surface area contributed by atoms with E-state index in [1.165, 1.54) is 12.1 Å². The predicted octanol–water partition coefficient (Wildman–Crippen LogP) is 2.55. The topological polar surface area (TPSA) is 40.5 Å². The highest BCUT2D eigenvalue weighted by atomic mass is 35.5. The zero-order chi connectivity index (χ0) is 14.4. The summed E-state index contributed by atoms with van der Waals surface area (Å²) in [5, 5.41) is 9.41. The molecule has 1 N–H and O–H groups in total. The number of hydrogen-bond donors (Lipinski definition) is 1. The van der Waals surface area contributed by atoms with Gasteiger partial charge in [0.05, 0.1) is 6.10 Å². The Morgan fingerprint density at radius 1 is 1.37 bits per heavy atom. The van der Waals surface area contributed by atoms with Crippen molar-refractivity contribution in [2.24, 2.45) is 0 Å². The van der Waals surface area contributed by atoms with Crippen LogP contribution in [0.15, 0.2) is 24.3 Å². The summed E-state index contributed by atoms with van der Waals surface area (Å²) < 4.78 is 12.8. The summed E-state index contributed by atoms with van der Waals surface area (Å²) in [6.07, 6.45) is -0.0158. The fourth-order valence-electron chi connectivity index (χ4n) is 1.97. The van der Waals surface area contributed by atoms with E-state index in [0.29, 0.717) is 13.0 Å². The van der Waals surface area contributed by atoms with Crippen molar-refractivity contribution in [2.75, 3.05) is 5.88 Å². The van der Waals surface area contributed by atoms with E-state index in [1.54, 1.807) is 24.0 Å². The van der Waals surface area contributed by atoms with Crippen LogP contribution in [0.5, 0.6) is 0 Å². The van der Waals surface area contributed by atoms with Crippen LogP contribution in [0, 0.1) is 5.82 Å². The Labute approximate surface area is 118 Å². The second-order valence-corrected chi connectivity index (χ2v) is 4.98. The predicted molar refractivity (Wildman–Crippen MR) is 73.4 cm³/mol. The molecule has 0 heterocycles. The lowest BCUT2D eigenvalue weighted by Crippen LogP contribution is -2.40. The SMILES string of the molecule is CC(O)CC(C)N(Cc1ccc(F)cc1)C(=O)CCl. The van der Waals surface area contributed by atoms with Crippen molar-refractivity contribution in [1.29, 1.82) is 0 Å². The summed E-state index contributed by atoms with van der Waals surface area (Å²) in [6, 6.07) is 5.87. The van der Waals surface area contributed by atoms with Crippen molar-refractivity contribution >= 4 is 17.5 Å². The van der Waals surface area contributed by atoms with Gasteiger partial charge in [0.2, 0.25) is 5.91 Å². The smallest absolute Gasteiger partial charge is 0.238 e. The number of halogens is 2. The number of carbonyl (C=O) groups excluding carboxylic acids is 1. The third kappa shape index (κ3) is 5.17. The van der Waals surface area contributed by atoms with Crippen LogP contribution in [0.2, 0.25) is 0 Å². The Bertz CT molecular complexity index is 408. The van der Waals surface area contributed by atoms with Crippen molar-refractivity contribution in [2.45, 2.75) is 39.0 Å². The van der Waals surface area contributed by atoms with Crippen molar-refractivity contribution in [3.05, 3.63) is 35.6 Å². The fourth-order valence-corrected chi connectivity index (χ4v) is 2.13. The molecule has 0 aliphatic carbocycles. The Hall–Kier alpha value is -1.13. The largest absolute Gasteiger partial charge is 0.393 e. The van der Waals surface area contributed by atoms with Gasteiger partial charge in [-0.2, -0.15) is 0 Å². The van der Waals surface area contributed by atoms with Crippen molar-refractivity contribution < 1.29 is 14.3 Å². The molecule has 1 amide bonds. The molecule has 1 aromatic rings. The van der Waals surface area contributed by atoms with Gasteiger partial charge >= 0.3 is 0 Å². The van der Waals surface area contributed by atoms with Gasteiger partial charge in [-0.3, -0.25) is 4.79 Å². The Balaban J connectivity index is 2.79. The molecular weight excluding hydrogens is 269 g/mol. The molecule has 0 aliphatic heterocycles. The minimum atomic E-state index is -0.492. The fraction of sp³-hybridized carbons (Fsp3) is 0.500. The number of alkyl halides is 1. The summed E-state index contributed by atoms with van der Waals surface area (Å²) in [6.45, 7) is 3.90. The molecule has 1 aromatic carbocycles. The minimum Gasteiger partial charge on any atom is -0.393 e. The van der Waals surface area contributed by atoms with Gasteiger partial charge in [-0.25, -0.2) is 4.39 Å². The van der Waals surface area contributed by atoms with E-state index in [0.717, 1.165) is 5.56 Å². The monoisotopic (exact) mass is 287 g/mol. The summed E-state index contributed by atoms with van der Waals surface area (Å²) in [5.74, 6) is -0.610. The number of hydrogen-bond acceptors (Lipinski definition) is 2. The van der Waals surface area contributed by atoms with Gasteiger partial charge in [-0.05, 0) is 38.0 Å². The van der Waals surface area contributed by atoms with E-state index in [2.05, 4.69) is 0 Å². The average Bonchev–Trinajstić information content (AvgIpc) is 2.36. The Kier molecular flexibility index (Phi) is 6.25. The number of aliphatic hydroxyl groups excluding tert-OH is 1. The number of benzene rings is 1. The maximum absolute atomic E-state index is 12.8. The van der Waals surface area contributed by atoms with E-state index in [-0.39, 0.29) is 23.6 Å². The normalized spacial score (nSPS) is 13.9. The average molecular weight is 288 g/mol. The summed E-state index contributed by atoms with van der Waals surface area (Å²) in [7, 11) is 0. The first-order valence-electron chi connectivity index (χ1n) is 6.22. The molecule has 106 valence electrons. The molecule has 1 rings (SSSR count). The van der Waals surface area contributed by atoms with Gasteiger partial charge in [0.1, 0.15) is 11.7 Å². The molecule has 5 heteroatoms. The number of aliphatic hydroxyl groups is 1. The molecule has 0 aromatic heterocycles. The molecule has 0 saturated heterocycles. The van der Waals surface area contributed by atoms with Crippen LogP contribution in [-0.4, -0.2) is 33.9 Å². The molecule has 0 bridgehead atoms. The number of carbonyl (C=O) groups is 1. The second kappa shape index (κ2) is 7.46. The van der Waals surface area contributed by atoms with Crippen LogP contribution >= 0.6 is 11.6 Å². The van der Waals surface area contributed by atoms with Gasteiger partial charge in [0.25, 0.3) is 0 Å². The highest BCUT2D eigenvalue weighted by molar-refractivity contribution is 6.27. The lowest BCUT2D eigenvalue weighted by atomic mass is 10.1. The van der Waals surface area contributed by atoms with E-state index in [1.807, 2.05) is 6.92 Å². The third-order valence-electron chi connectivity index (χ3n) is 2.92. The standard InChI is InChI=1S/C14H19ClFNO2/c1-10(7-11(2)18)17(14(19)8-15)9-12-3-5-13(16)6-4-12/h3-6,10-11,18H,7-9H2,1-2H3. The van der Waals surface area contributed by atoms with E-state index >= 15 is 0 Å². The molecule has 0 saturated carbocycles. The zero-order valence-electron chi connectivity index (χ0n) is 11.1. The summed E-state index contributed by atoms with van der Waals surface area (Å²) in [5.41, 5.74) is 0.831. The number of nitrogens with zero attached hydrogens (tertiary/aromatic N) is 1. The maximum atomic E-state index is 12.8. The minimum absolute atomic E-state index is 0.106. The highest BCUT2D eigenvalue weighted by Crippen LogP contribution is 2.14. The van der Waals surface area contributed by atoms with Crippen LogP contribution in [0.1, 0.15) is 25.8 Å². The molecule has 19 heavy (non-hydrogen) atoms. The van der Waals surface area contributed by atoms with Gasteiger partial charge in [-0.1, -0.05) is 12.1 Å². The van der Waals surface area contributed by atoms with Gasteiger partial charge in [0, 0.05) is 12.6 Å². The van der Waals surface area contributed by atoms with Crippen LogP contribution in [0.3, 0.4) is 0 Å². The molecule has 2 unspecified atom stereocenters. The van der Waals surface area contributed by atoms with Crippen LogP contribution in [-0.2, 0) is 11.3 Å². The van der Waals surface area contributed by atoms with Crippen LogP contribution in [0.25, 0.3) is 0 Å². The Morgan fingerprint density at radius 2 is 1.95 bits per heavy atom. The molecule has 0 spiro atoms. The first-order valence-corrected chi connectivity index (χ1v) is 6.75. The summed E-state index contributed by atoms with van der Waals surface area (Å²) in [4.78, 5) is 13.4. The third-order valence-corrected chi connectivity index (χ3v) is 3.14.